The molecule has 0 bridgehead atoms. The molecular weight excluding hydrogens is 200 g/mol. The highest BCUT2D eigenvalue weighted by Crippen LogP contribution is 2.32. The number of carbonyl (C=O) groups excluding carboxylic acids is 1. The van der Waals surface area contributed by atoms with Crippen LogP contribution in [0.2, 0.25) is 0 Å². The van der Waals surface area contributed by atoms with Crippen LogP contribution >= 0.6 is 12.2 Å². The number of hydrazine groups is 1. The van der Waals surface area contributed by atoms with Gasteiger partial charge in [-0.25, -0.2) is 0 Å². The Morgan fingerprint density at radius 3 is 2.71 bits per heavy atom. The van der Waals surface area contributed by atoms with E-state index in [1.54, 1.807) is 9.42 Å². The van der Waals surface area contributed by atoms with Gasteiger partial charge in [0, 0.05) is 20.0 Å². The first-order valence-corrected chi connectivity index (χ1v) is 5.50. The molecule has 0 aliphatic carbocycles. The van der Waals surface area contributed by atoms with Crippen LogP contribution in [-0.4, -0.2) is 35.5 Å². The quantitative estimate of drug-likeness (QED) is 0.531. The van der Waals surface area contributed by atoms with E-state index in [0.717, 1.165) is 6.54 Å². The summed E-state index contributed by atoms with van der Waals surface area (Å²) in [6.07, 6.45) is 0.615. The lowest BCUT2D eigenvalue weighted by molar-refractivity contribution is -0.135. The van der Waals surface area contributed by atoms with Crippen molar-refractivity contribution < 1.29 is 8.98 Å². The molecule has 4 nitrogen and oxygen atoms in total. The molecule has 1 fully saturated rings. The van der Waals surface area contributed by atoms with Gasteiger partial charge in [0.15, 0.2) is 0 Å². The zero-order chi connectivity index (χ0) is 10.8. The zero-order valence-corrected chi connectivity index (χ0v) is 10.1. The van der Waals surface area contributed by atoms with E-state index in [2.05, 4.69) is 13.8 Å². The normalized spacial score (nSPS) is 20.9. The molecular formula is C9H18N2O2S. The molecule has 0 atom stereocenters. The van der Waals surface area contributed by atoms with E-state index in [-0.39, 0.29) is 11.3 Å². The third kappa shape index (κ3) is 2.87. The fourth-order valence-electron chi connectivity index (χ4n) is 1.48. The summed E-state index contributed by atoms with van der Waals surface area (Å²) in [5.41, 5.74) is 0.0815. The fraction of sp³-hybridized carbons (Fsp3) is 0.889. The molecule has 0 N–H and O–H groups in total. The largest absolute Gasteiger partial charge is 0.300 e. The Labute approximate surface area is 89.9 Å². The van der Waals surface area contributed by atoms with Gasteiger partial charge in [-0.15, -0.1) is 4.41 Å². The molecule has 1 aliphatic heterocycles. The summed E-state index contributed by atoms with van der Waals surface area (Å²) >= 11 is 1.22. The van der Waals surface area contributed by atoms with Crippen LogP contribution in [0.4, 0.5) is 0 Å². The van der Waals surface area contributed by atoms with Gasteiger partial charge >= 0.3 is 0 Å². The lowest BCUT2D eigenvalue weighted by Crippen LogP contribution is -2.37. The highest BCUT2D eigenvalue weighted by Gasteiger charge is 2.38. The fourth-order valence-corrected chi connectivity index (χ4v) is 1.96. The summed E-state index contributed by atoms with van der Waals surface area (Å²) in [4.78, 5) is 11.6. The molecule has 1 heterocycles. The summed E-state index contributed by atoms with van der Waals surface area (Å²) in [6, 6.07) is 0. The van der Waals surface area contributed by atoms with Crippen molar-refractivity contribution >= 4 is 18.1 Å². The van der Waals surface area contributed by atoms with E-state index in [0.29, 0.717) is 13.0 Å². The number of rotatable bonds is 4. The van der Waals surface area contributed by atoms with Gasteiger partial charge < -0.3 is 4.18 Å². The van der Waals surface area contributed by atoms with Crippen molar-refractivity contribution in [3.8, 4) is 0 Å². The van der Waals surface area contributed by atoms with Crippen LogP contribution in [0.1, 0.15) is 27.2 Å². The lowest BCUT2D eigenvalue weighted by atomic mass is 9.93. The Kier molecular flexibility index (Phi) is 3.80. The topological polar surface area (TPSA) is 32.8 Å². The summed E-state index contributed by atoms with van der Waals surface area (Å²) in [5, 5.41) is 1.74. The van der Waals surface area contributed by atoms with E-state index in [1.807, 2.05) is 14.0 Å². The van der Waals surface area contributed by atoms with Crippen molar-refractivity contribution in [2.75, 3.05) is 20.2 Å². The van der Waals surface area contributed by atoms with Crippen molar-refractivity contribution in [3.63, 3.8) is 0 Å². The van der Waals surface area contributed by atoms with Crippen LogP contribution in [0.15, 0.2) is 0 Å². The Bertz CT molecular complexity index is 221. The first-order chi connectivity index (χ1) is 6.46. The van der Waals surface area contributed by atoms with Gasteiger partial charge in [-0.05, 0) is 12.3 Å². The van der Waals surface area contributed by atoms with E-state index >= 15 is 0 Å². The predicted molar refractivity (Wildman–Crippen MR) is 57.1 cm³/mol. The second-order valence-corrected chi connectivity index (χ2v) is 5.15. The summed E-state index contributed by atoms with van der Waals surface area (Å²) in [6.45, 7) is 7.54. The Morgan fingerprint density at radius 1 is 1.64 bits per heavy atom. The molecule has 82 valence electrons. The SMILES string of the molecule is CCOSN(C)N1CC(C)(C)CC1=O. The van der Waals surface area contributed by atoms with Gasteiger partial charge in [0.2, 0.25) is 5.91 Å². The molecule has 0 saturated carbocycles. The molecule has 1 aliphatic rings. The molecule has 1 amide bonds. The zero-order valence-electron chi connectivity index (χ0n) is 9.24. The van der Waals surface area contributed by atoms with Crippen LogP contribution in [0.25, 0.3) is 0 Å². The maximum atomic E-state index is 11.6. The van der Waals surface area contributed by atoms with Crippen molar-refractivity contribution in [2.24, 2.45) is 5.41 Å². The molecule has 0 aromatic rings. The Morgan fingerprint density at radius 2 is 2.29 bits per heavy atom. The molecule has 0 aromatic heterocycles. The number of amides is 1. The minimum atomic E-state index is 0.0815. The molecule has 0 spiro atoms. The number of carbonyl (C=O) groups is 1. The van der Waals surface area contributed by atoms with Gasteiger partial charge in [-0.2, -0.15) is 0 Å². The first-order valence-electron chi connectivity index (χ1n) is 4.80. The van der Waals surface area contributed by atoms with E-state index in [9.17, 15) is 4.79 Å². The minimum Gasteiger partial charge on any atom is -0.300 e. The molecule has 14 heavy (non-hydrogen) atoms. The van der Waals surface area contributed by atoms with Crippen LogP contribution in [0.5, 0.6) is 0 Å². The van der Waals surface area contributed by atoms with Gasteiger partial charge in [0.05, 0.1) is 6.61 Å². The maximum absolute atomic E-state index is 11.6. The van der Waals surface area contributed by atoms with Crippen LogP contribution in [-0.2, 0) is 8.98 Å². The molecule has 0 aromatic carbocycles. The van der Waals surface area contributed by atoms with Crippen LogP contribution in [0.3, 0.4) is 0 Å². The standard InChI is InChI=1S/C9H18N2O2S/c1-5-13-14-10(4)11-7-9(2,3)6-8(11)12/h5-7H2,1-4H3. The molecule has 0 radical (unpaired) electrons. The second-order valence-electron chi connectivity index (χ2n) is 4.24. The van der Waals surface area contributed by atoms with Gasteiger partial charge in [-0.3, -0.25) is 9.80 Å². The number of nitrogens with zero attached hydrogens (tertiary/aromatic N) is 2. The maximum Gasteiger partial charge on any atom is 0.238 e. The Balaban J connectivity index is 2.48. The van der Waals surface area contributed by atoms with Crippen molar-refractivity contribution in [1.82, 2.24) is 9.42 Å². The summed E-state index contributed by atoms with van der Waals surface area (Å²) < 4.78 is 6.94. The highest BCUT2D eigenvalue weighted by atomic mass is 32.2. The lowest BCUT2D eigenvalue weighted by Gasteiger charge is -2.26. The van der Waals surface area contributed by atoms with Gasteiger partial charge in [-0.1, -0.05) is 13.8 Å². The monoisotopic (exact) mass is 218 g/mol. The summed E-state index contributed by atoms with van der Waals surface area (Å²) in [5.74, 6) is 0.171. The third-order valence-corrected chi connectivity index (χ3v) is 2.87. The second kappa shape index (κ2) is 4.51. The minimum absolute atomic E-state index is 0.0815. The van der Waals surface area contributed by atoms with Gasteiger partial charge in [0.25, 0.3) is 0 Å². The van der Waals surface area contributed by atoms with Gasteiger partial charge in [0.1, 0.15) is 12.2 Å². The molecule has 0 unspecified atom stereocenters. The van der Waals surface area contributed by atoms with E-state index in [4.69, 9.17) is 4.18 Å². The highest BCUT2D eigenvalue weighted by molar-refractivity contribution is 7.92. The number of hydrogen-bond acceptors (Lipinski definition) is 4. The van der Waals surface area contributed by atoms with Crippen LogP contribution < -0.4 is 0 Å². The van der Waals surface area contributed by atoms with E-state index < -0.39 is 0 Å². The molecule has 5 heteroatoms. The molecule has 1 rings (SSSR count). The average Bonchev–Trinajstić information content (AvgIpc) is 2.35. The van der Waals surface area contributed by atoms with Crippen molar-refractivity contribution in [1.29, 1.82) is 0 Å². The van der Waals surface area contributed by atoms with Crippen molar-refractivity contribution in [2.45, 2.75) is 27.2 Å². The first kappa shape index (κ1) is 11.8. The predicted octanol–water partition coefficient (Wildman–Crippen LogP) is 1.69. The Hall–Kier alpha value is -0.260. The van der Waals surface area contributed by atoms with Crippen LogP contribution in [0, 0.1) is 5.41 Å². The smallest absolute Gasteiger partial charge is 0.238 e. The molecule has 1 saturated heterocycles. The van der Waals surface area contributed by atoms with Crippen molar-refractivity contribution in [3.05, 3.63) is 0 Å². The average molecular weight is 218 g/mol. The third-order valence-electron chi connectivity index (χ3n) is 2.11. The summed E-state index contributed by atoms with van der Waals surface area (Å²) in [7, 11) is 1.85. The number of hydrogen-bond donors (Lipinski definition) is 0. The van der Waals surface area contributed by atoms with E-state index in [1.165, 1.54) is 12.2 Å².